The fraction of sp³-hybridized carbons (Fsp3) is 0.393. The van der Waals surface area contributed by atoms with E-state index in [1.165, 1.54) is 17.3 Å². The number of carbonyl (C=O) groups is 1. The number of hydrogen-bond donors (Lipinski definition) is 0. The van der Waals surface area contributed by atoms with E-state index in [1.54, 1.807) is 0 Å². The average Bonchev–Trinajstić information content (AvgIpc) is 3.28. The number of aromatic nitrogens is 2. The van der Waals surface area contributed by atoms with Crippen LogP contribution in [-0.2, 0) is 18.4 Å². The summed E-state index contributed by atoms with van der Waals surface area (Å²) < 4.78 is 1.85. The van der Waals surface area contributed by atoms with Gasteiger partial charge in [-0.2, -0.15) is 0 Å². The lowest BCUT2D eigenvalue weighted by Crippen LogP contribution is -2.41. The third-order valence-electron chi connectivity index (χ3n) is 7.00. The van der Waals surface area contributed by atoms with Gasteiger partial charge in [-0.3, -0.25) is 14.2 Å². The Bertz CT molecular complexity index is 1240. The molecule has 170 valence electrons. The lowest BCUT2D eigenvalue weighted by molar-refractivity contribution is 0.102. The molecule has 5 rings (SSSR count). The number of Topliss-reactive ketones (excluding diaryl/α,β-unsaturated/α-hetero) is 1. The van der Waals surface area contributed by atoms with Gasteiger partial charge in [0.15, 0.2) is 10.9 Å². The Hall–Kier alpha value is -2.66. The molecule has 1 heterocycles. The molecule has 0 amide bonds. The standard InChI is InChI=1S/C28H30N2O2S/c1-19(2)17-30-26(32)24-25(29-27(30)33-18-23(31)20-10-4-3-5-11-20)22-13-7-6-12-21(22)16-28(24)14-8-9-15-28/h3-7,10-13,19H,8-9,14-18H2,1-2H3. The minimum atomic E-state index is -0.102. The summed E-state index contributed by atoms with van der Waals surface area (Å²) in [5.41, 5.74) is 4.81. The number of ketones is 1. The van der Waals surface area contributed by atoms with E-state index in [4.69, 9.17) is 4.98 Å². The molecule has 5 heteroatoms. The monoisotopic (exact) mass is 458 g/mol. The molecule has 2 aliphatic rings. The average molecular weight is 459 g/mol. The maximum Gasteiger partial charge on any atom is 0.258 e. The predicted molar refractivity (Wildman–Crippen MR) is 134 cm³/mol. The van der Waals surface area contributed by atoms with Crippen molar-refractivity contribution in [2.75, 3.05) is 5.75 Å². The van der Waals surface area contributed by atoms with Crippen LogP contribution in [0.4, 0.5) is 0 Å². The van der Waals surface area contributed by atoms with E-state index in [-0.39, 0.29) is 22.5 Å². The molecule has 1 spiro atoms. The second kappa shape index (κ2) is 8.94. The first-order chi connectivity index (χ1) is 16.0. The lowest BCUT2D eigenvalue weighted by Gasteiger charge is -2.36. The van der Waals surface area contributed by atoms with Crippen LogP contribution in [0.15, 0.2) is 64.5 Å². The quantitative estimate of drug-likeness (QED) is 0.262. The molecule has 0 atom stereocenters. The van der Waals surface area contributed by atoms with Gasteiger partial charge in [0.25, 0.3) is 5.56 Å². The molecule has 3 aromatic rings. The zero-order chi connectivity index (χ0) is 23.0. The molecule has 0 bridgehead atoms. The number of thioether (sulfide) groups is 1. The highest BCUT2D eigenvalue weighted by molar-refractivity contribution is 7.99. The third-order valence-corrected chi connectivity index (χ3v) is 7.98. The molecule has 33 heavy (non-hydrogen) atoms. The van der Waals surface area contributed by atoms with Gasteiger partial charge in [0.1, 0.15) is 0 Å². The van der Waals surface area contributed by atoms with Crippen molar-refractivity contribution in [2.45, 2.75) is 63.1 Å². The number of rotatable bonds is 6. The molecule has 0 saturated heterocycles. The molecule has 0 unspecified atom stereocenters. The van der Waals surface area contributed by atoms with Gasteiger partial charge in [-0.1, -0.05) is 93.0 Å². The first kappa shape index (κ1) is 22.1. The van der Waals surface area contributed by atoms with E-state index in [0.717, 1.165) is 48.9 Å². The summed E-state index contributed by atoms with van der Waals surface area (Å²) in [4.78, 5) is 32.0. The van der Waals surface area contributed by atoms with Crippen LogP contribution in [0.5, 0.6) is 0 Å². The van der Waals surface area contributed by atoms with Gasteiger partial charge in [0.05, 0.1) is 17.0 Å². The SMILES string of the molecule is CC(C)Cn1c(SCC(=O)c2ccccc2)nc2c(c1=O)C1(CCCC1)Cc1ccccc1-2. The van der Waals surface area contributed by atoms with Crippen LogP contribution in [-0.4, -0.2) is 21.1 Å². The highest BCUT2D eigenvalue weighted by Gasteiger charge is 2.44. The first-order valence-corrected chi connectivity index (χ1v) is 12.9. The Morgan fingerprint density at radius 2 is 1.76 bits per heavy atom. The van der Waals surface area contributed by atoms with E-state index in [1.807, 2.05) is 41.0 Å². The zero-order valence-corrected chi connectivity index (χ0v) is 20.2. The Kier molecular flexibility index (Phi) is 6.00. The predicted octanol–water partition coefficient (Wildman–Crippen LogP) is 5.91. The second-order valence-corrected chi connectivity index (χ2v) is 10.8. The van der Waals surface area contributed by atoms with Gasteiger partial charge < -0.3 is 0 Å². The topological polar surface area (TPSA) is 52.0 Å². The normalized spacial score (nSPS) is 16.1. The summed E-state index contributed by atoms with van der Waals surface area (Å²) >= 11 is 1.39. The fourth-order valence-electron chi connectivity index (χ4n) is 5.52. The summed E-state index contributed by atoms with van der Waals surface area (Å²) in [6, 6.07) is 17.7. The van der Waals surface area contributed by atoms with Crippen molar-refractivity contribution in [1.82, 2.24) is 9.55 Å². The maximum absolute atomic E-state index is 14.1. The van der Waals surface area contributed by atoms with Crippen LogP contribution in [0.1, 0.15) is 61.0 Å². The van der Waals surface area contributed by atoms with E-state index < -0.39 is 0 Å². The number of hydrogen-bond acceptors (Lipinski definition) is 4. The Morgan fingerprint density at radius 1 is 1.06 bits per heavy atom. The van der Waals surface area contributed by atoms with Crippen LogP contribution in [0.25, 0.3) is 11.3 Å². The van der Waals surface area contributed by atoms with Gasteiger partial charge in [-0.15, -0.1) is 0 Å². The van der Waals surface area contributed by atoms with Gasteiger partial charge in [-0.25, -0.2) is 4.98 Å². The number of fused-ring (bicyclic) bond motifs is 4. The Balaban J connectivity index is 1.62. The van der Waals surface area contributed by atoms with E-state index in [2.05, 4.69) is 32.0 Å². The van der Waals surface area contributed by atoms with Crippen molar-refractivity contribution < 1.29 is 4.79 Å². The number of benzene rings is 2. The minimum Gasteiger partial charge on any atom is -0.293 e. The number of carbonyl (C=O) groups excluding carboxylic acids is 1. The highest BCUT2D eigenvalue weighted by Crippen LogP contribution is 2.50. The zero-order valence-electron chi connectivity index (χ0n) is 19.3. The van der Waals surface area contributed by atoms with Crippen molar-refractivity contribution in [2.24, 2.45) is 5.92 Å². The molecule has 0 N–H and O–H groups in total. The fourth-order valence-corrected chi connectivity index (χ4v) is 6.41. The highest BCUT2D eigenvalue weighted by atomic mass is 32.2. The van der Waals surface area contributed by atoms with E-state index >= 15 is 0 Å². The molecule has 1 fully saturated rings. The van der Waals surface area contributed by atoms with Crippen molar-refractivity contribution in [1.29, 1.82) is 0 Å². The molecule has 1 saturated carbocycles. The van der Waals surface area contributed by atoms with Crippen molar-refractivity contribution in [3.05, 3.63) is 81.6 Å². The third kappa shape index (κ3) is 4.08. The second-order valence-electron chi connectivity index (χ2n) is 9.83. The largest absolute Gasteiger partial charge is 0.293 e. The van der Waals surface area contributed by atoms with Crippen LogP contribution >= 0.6 is 11.8 Å². The van der Waals surface area contributed by atoms with Crippen molar-refractivity contribution >= 4 is 17.5 Å². The summed E-state index contributed by atoms with van der Waals surface area (Å²) in [5, 5.41) is 0.654. The van der Waals surface area contributed by atoms with Gasteiger partial charge in [-0.05, 0) is 30.7 Å². The summed E-state index contributed by atoms with van der Waals surface area (Å²) in [5.74, 6) is 0.624. The van der Waals surface area contributed by atoms with Crippen molar-refractivity contribution in [3.8, 4) is 11.3 Å². The minimum absolute atomic E-state index is 0.0522. The molecule has 2 aliphatic carbocycles. The smallest absolute Gasteiger partial charge is 0.258 e. The van der Waals surface area contributed by atoms with Crippen LogP contribution in [0, 0.1) is 5.92 Å². The molecular formula is C28H30N2O2S. The molecule has 0 aliphatic heterocycles. The summed E-state index contributed by atoms with van der Waals surface area (Å²) in [6.07, 6.45) is 5.34. The van der Waals surface area contributed by atoms with Gasteiger partial charge >= 0.3 is 0 Å². The molecule has 2 aromatic carbocycles. The van der Waals surface area contributed by atoms with E-state index in [0.29, 0.717) is 23.2 Å². The Morgan fingerprint density at radius 3 is 2.48 bits per heavy atom. The first-order valence-electron chi connectivity index (χ1n) is 11.9. The van der Waals surface area contributed by atoms with Crippen LogP contribution < -0.4 is 5.56 Å². The lowest BCUT2D eigenvalue weighted by atomic mass is 9.68. The van der Waals surface area contributed by atoms with Crippen LogP contribution in [0.3, 0.4) is 0 Å². The summed E-state index contributed by atoms with van der Waals surface area (Å²) in [7, 11) is 0. The molecule has 1 aromatic heterocycles. The Labute approximate surface area is 199 Å². The van der Waals surface area contributed by atoms with Crippen LogP contribution in [0.2, 0.25) is 0 Å². The maximum atomic E-state index is 14.1. The van der Waals surface area contributed by atoms with Gasteiger partial charge in [0, 0.05) is 23.1 Å². The molecular weight excluding hydrogens is 428 g/mol. The molecule has 0 radical (unpaired) electrons. The van der Waals surface area contributed by atoms with Gasteiger partial charge in [0.2, 0.25) is 0 Å². The summed E-state index contributed by atoms with van der Waals surface area (Å²) in [6.45, 7) is 4.85. The van der Waals surface area contributed by atoms with E-state index in [9.17, 15) is 9.59 Å². The molecule has 4 nitrogen and oxygen atoms in total. The van der Waals surface area contributed by atoms with Crippen molar-refractivity contribution in [3.63, 3.8) is 0 Å². The number of nitrogens with zero attached hydrogens (tertiary/aromatic N) is 2.